The van der Waals surface area contributed by atoms with E-state index in [1.807, 2.05) is 19.1 Å². The summed E-state index contributed by atoms with van der Waals surface area (Å²) >= 11 is 6.00. The van der Waals surface area contributed by atoms with Gasteiger partial charge in [0, 0.05) is 18.6 Å². The average molecular weight is 302 g/mol. The molecule has 0 spiro atoms. The van der Waals surface area contributed by atoms with Gasteiger partial charge in [0.2, 0.25) is 0 Å². The quantitative estimate of drug-likeness (QED) is 0.812. The number of aliphatic hydroxyl groups is 1. The van der Waals surface area contributed by atoms with Crippen LogP contribution in [0, 0.1) is 6.92 Å². The maximum atomic E-state index is 10.8. The fourth-order valence-corrected chi connectivity index (χ4v) is 2.07. The van der Waals surface area contributed by atoms with Crippen LogP contribution in [0.5, 0.6) is 0 Å². The van der Waals surface area contributed by atoms with E-state index in [1.54, 1.807) is 6.07 Å². The minimum atomic E-state index is -0.978. The van der Waals surface area contributed by atoms with Crippen molar-refractivity contribution in [3.05, 3.63) is 34.3 Å². The Bertz CT molecular complexity index is 453. The molecule has 0 radical (unpaired) electrons. The van der Waals surface area contributed by atoms with Crippen LogP contribution in [-0.2, 0) is 4.74 Å². The van der Waals surface area contributed by atoms with Gasteiger partial charge in [-0.05, 0) is 36.6 Å². The molecule has 2 N–H and O–H groups in total. The number of aliphatic hydroxyl groups excluding tert-OH is 1. The van der Waals surface area contributed by atoms with Gasteiger partial charge in [-0.2, -0.15) is 0 Å². The van der Waals surface area contributed by atoms with E-state index in [2.05, 4.69) is 0 Å². The second-order valence-corrected chi connectivity index (χ2v) is 5.01. The second kappa shape index (κ2) is 8.09. The third-order valence-corrected chi connectivity index (χ3v) is 3.29. The molecule has 112 valence electrons. The van der Waals surface area contributed by atoms with Crippen LogP contribution in [0.2, 0.25) is 5.02 Å². The highest BCUT2D eigenvalue weighted by Crippen LogP contribution is 2.27. The Morgan fingerprint density at radius 1 is 1.50 bits per heavy atom. The summed E-state index contributed by atoms with van der Waals surface area (Å²) in [6.45, 7) is 2.41. The Morgan fingerprint density at radius 2 is 2.20 bits per heavy atom. The minimum Gasteiger partial charge on any atom is -0.465 e. The molecular weight excluding hydrogens is 282 g/mol. The Labute approximate surface area is 123 Å². The van der Waals surface area contributed by atoms with E-state index in [-0.39, 0.29) is 19.3 Å². The van der Waals surface area contributed by atoms with Crippen molar-refractivity contribution in [3.8, 4) is 0 Å². The summed E-state index contributed by atoms with van der Waals surface area (Å²) in [5, 5.41) is 18.4. The number of hydrogen-bond acceptors (Lipinski definition) is 3. The van der Waals surface area contributed by atoms with Crippen LogP contribution in [0.25, 0.3) is 0 Å². The molecule has 0 fully saturated rings. The molecule has 0 aliphatic heterocycles. The zero-order valence-electron chi connectivity index (χ0n) is 11.7. The highest BCUT2D eigenvalue weighted by Gasteiger charge is 2.17. The first-order valence-electron chi connectivity index (χ1n) is 6.38. The third kappa shape index (κ3) is 5.00. The van der Waals surface area contributed by atoms with Crippen molar-refractivity contribution in [2.45, 2.75) is 19.4 Å². The summed E-state index contributed by atoms with van der Waals surface area (Å²) in [4.78, 5) is 12.0. The van der Waals surface area contributed by atoms with Gasteiger partial charge >= 0.3 is 6.09 Å². The lowest BCUT2D eigenvalue weighted by atomic mass is 10.0. The van der Waals surface area contributed by atoms with Crippen LogP contribution < -0.4 is 0 Å². The van der Waals surface area contributed by atoms with Gasteiger partial charge in [0.25, 0.3) is 0 Å². The van der Waals surface area contributed by atoms with Crippen molar-refractivity contribution in [1.29, 1.82) is 0 Å². The van der Waals surface area contributed by atoms with Crippen LogP contribution in [0.3, 0.4) is 0 Å². The van der Waals surface area contributed by atoms with Gasteiger partial charge in [-0.3, -0.25) is 0 Å². The molecule has 0 aliphatic carbocycles. The maximum Gasteiger partial charge on any atom is 0.407 e. The van der Waals surface area contributed by atoms with Gasteiger partial charge in [-0.15, -0.1) is 0 Å². The highest BCUT2D eigenvalue weighted by atomic mass is 35.5. The number of halogens is 1. The first-order chi connectivity index (χ1) is 9.45. The molecule has 1 aromatic rings. The van der Waals surface area contributed by atoms with Crippen molar-refractivity contribution in [1.82, 2.24) is 4.90 Å². The number of benzene rings is 1. The smallest absolute Gasteiger partial charge is 0.407 e. The number of nitrogens with zero attached hydrogens (tertiary/aromatic N) is 1. The first kappa shape index (κ1) is 16.8. The van der Waals surface area contributed by atoms with E-state index in [0.29, 0.717) is 18.0 Å². The minimum absolute atomic E-state index is 0.0785. The van der Waals surface area contributed by atoms with Crippen LogP contribution in [0.15, 0.2) is 18.2 Å². The van der Waals surface area contributed by atoms with Crippen LogP contribution in [0.1, 0.15) is 23.7 Å². The predicted molar refractivity (Wildman–Crippen MR) is 77.2 cm³/mol. The number of aryl methyl sites for hydroxylation is 1. The zero-order valence-corrected chi connectivity index (χ0v) is 12.4. The molecule has 1 aromatic carbocycles. The summed E-state index contributed by atoms with van der Waals surface area (Å²) < 4.78 is 5.62. The molecule has 1 atom stereocenters. The van der Waals surface area contributed by atoms with Gasteiger partial charge in [-0.25, -0.2) is 4.79 Å². The number of rotatable bonds is 7. The fourth-order valence-electron chi connectivity index (χ4n) is 1.89. The number of ether oxygens (including phenoxy) is 1. The summed E-state index contributed by atoms with van der Waals surface area (Å²) in [6, 6.07) is 5.51. The predicted octanol–water partition coefficient (Wildman–Crippen LogP) is 2.70. The Morgan fingerprint density at radius 3 is 2.80 bits per heavy atom. The normalized spacial score (nSPS) is 12.2. The topological polar surface area (TPSA) is 70.0 Å². The fraction of sp³-hybridized carbons (Fsp3) is 0.500. The SMILES string of the molecule is Cc1ccc(Cl)cc1C(CCN(C)C(=O)O)OCCO. The van der Waals surface area contributed by atoms with Crippen LogP contribution in [0.4, 0.5) is 4.79 Å². The monoisotopic (exact) mass is 301 g/mol. The van der Waals surface area contributed by atoms with Gasteiger partial charge < -0.3 is 19.8 Å². The van der Waals surface area contributed by atoms with E-state index >= 15 is 0 Å². The molecule has 0 saturated heterocycles. The van der Waals surface area contributed by atoms with Gasteiger partial charge in [-0.1, -0.05) is 17.7 Å². The van der Waals surface area contributed by atoms with Crippen LogP contribution in [-0.4, -0.2) is 48.0 Å². The molecule has 6 heteroatoms. The van der Waals surface area contributed by atoms with E-state index in [1.165, 1.54) is 11.9 Å². The number of carbonyl (C=O) groups is 1. The standard InChI is InChI=1S/C14H20ClNO4/c1-10-3-4-11(15)9-12(10)13(20-8-7-17)5-6-16(2)14(18)19/h3-4,9,13,17H,5-8H2,1-2H3,(H,18,19). The lowest BCUT2D eigenvalue weighted by Crippen LogP contribution is -2.27. The summed E-state index contributed by atoms with van der Waals surface area (Å²) in [6.07, 6.45) is -0.763. The molecule has 0 bridgehead atoms. The molecule has 1 amide bonds. The summed E-state index contributed by atoms with van der Waals surface area (Å²) in [7, 11) is 1.51. The number of amides is 1. The lowest BCUT2D eigenvalue weighted by molar-refractivity contribution is 0.0187. The van der Waals surface area contributed by atoms with Gasteiger partial charge in [0.15, 0.2) is 0 Å². The van der Waals surface area contributed by atoms with Crippen molar-refractivity contribution in [3.63, 3.8) is 0 Å². The number of hydrogen-bond donors (Lipinski definition) is 2. The van der Waals surface area contributed by atoms with E-state index in [0.717, 1.165) is 11.1 Å². The van der Waals surface area contributed by atoms with E-state index in [4.69, 9.17) is 26.6 Å². The third-order valence-electron chi connectivity index (χ3n) is 3.05. The highest BCUT2D eigenvalue weighted by molar-refractivity contribution is 6.30. The molecule has 1 rings (SSSR count). The molecule has 1 unspecified atom stereocenters. The Balaban J connectivity index is 2.82. The van der Waals surface area contributed by atoms with Gasteiger partial charge in [0.1, 0.15) is 0 Å². The Hall–Kier alpha value is -1.30. The summed E-state index contributed by atoms with van der Waals surface area (Å²) in [5.74, 6) is 0. The molecule has 5 nitrogen and oxygen atoms in total. The molecule has 0 aromatic heterocycles. The molecule has 0 saturated carbocycles. The number of carboxylic acid groups (broad SMARTS) is 1. The first-order valence-corrected chi connectivity index (χ1v) is 6.76. The molecule has 0 heterocycles. The summed E-state index contributed by atoms with van der Waals surface area (Å²) in [5.41, 5.74) is 1.94. The molecule has 20 heavy (non-hydrogen) atoms. The molecule has 0 aliphatic rings. The van der Waals surface area contributed by atoms with E-state index < -0.39 is 6.09 Å². The second-order valence-electron chi connectivity index (χ2n) is 4.58. The van der Waals surface area contributed by atoms with Crippen molar-refractivity contribution < 1.29 is 19.7 Å². The molecular formula is C14H20ClNO4. The van der Waals surface area contributed by atoms with Crippen molar-refractivity contribution in [2.24, 2.45) is 0 Å². The lowest BCUT2D eigenvalue weighted by Gasteiger charge is -2.22. The van der Waals surface area contributed by atoms with Crippen molar-refractivity contribution in [2.75, 3.05) is 26.8 Å². The zero-order chi connectivity index (χ0) is 15.1. The Kier molecular flexibility index (Phi) is 6.78. The van der Waals surface area contributed by atoms with Gasteiger partial charge in [0.05, 0.1) is 19.3 Å². The maximum absolute atomic E-state index is 10.8. The largest absolute Gasteiger partial charge is 0.465 e. The van der Waals surface area contributed by atoms with E-state index in [9.17, 15) is 4.79 Å². The average Bonchev–Trinajstić information content (AvgIpc) is 2.41. The van der Waals surface area contributed by atoms with Crippen LogP contribution >= 0.6 is 11.6 Å². The van der Waals surface area contributed by atoms with Crippen molar-refractivity contribution >= 4 is 17.7 Å².